The fraction of sp³-hybridized carbons (Fsp3) is 0.302. The van der Waals surface area contributed by atoms with E-state index in [0.29, 0.717) is 6.42 Å². The van der Waals surface area contributed by atoms with Gasteiger partial charge >= 0.3 is 17.8 Å². The van der Waals surface area contributed by atoms with Crippen molar-refractivity contribution in [1.29, 1.82) is 0 Å². The second-order valence-electron chi connectivity index (χ2n) is 16.1. The summed E-state index contributed by atoms with van der Waals surface area (Å²) in [4.78, 5) is 130. The molecule has 1 fully saturated rings. The highest BCUT2D eigenvalue weighted by Crippen LogP contribution is 2.24. The van der Waals surface area contributed by atoms with Crippen LogP contribution < -0.4 is 26.6 Å². The van der Waals surface area contributed by atoms with Crippen molar-refractivity contribution in [2.75, 3.05) is 11.9 Å². The van der Waals surface area contributed by atoms with Gasteiger partial charge < -0.3 is 51.8 Å². The lowest BCUT2D eigenvalue weighted by Gasteiger charge is -2.31. The molecular formula is C43H45N13O13. The molecule has 26 nitrogen and oxygen atoms in total. The van der Waals surface area contributed by atoms with Crippen molar-refractivity contribution in [3.05, 3.63) is 123 Å². The molecule has 10 N–H and O–H groups in total. The molecule has 3 aromatic heterocycles. The van der Waals surface area contributed by atoms with Crippen LogP contribution in [0.5, 0.6) is 0 Å². The number of nitrogens with zero attached hydrogens (tertiary/aromatic N) is 5. The van der Waals surface area contributed by atoms with E-state index < -0.39 is 101 Å². The summed E-state index contributed by atoms with van der Waals surface area (Å²) in [6, 6.07) is 11.8. The average Bonchev–Trinajstić information content (AvgIpc) is 4.17. The summed E-state index contributed by atoms with van der Waals surface area (Å²) < 4.78 is 0. The Hall–Kier alpha value is -9.10. The summed E-state index contributed by atoms with van der Waals surface area (Å²) in [5, 5.41) is 60.5. The summed E-state index contributed by atoms with van der Waals surface area (Å²) in [5.41, 5.74) is -0.453. The van der Waals surface area contributed by atoms with Crippen molar-refractivity contribution in [3.8, 4) is 0 Å². The fourth-order valence-corrected chi connectivity index (χ4v) is 7.31. The first kappa shape index (κ1) is 49.3. The van der Waals surface area contributed by atoms with E-state index >= 15 is 0 Å². The van der Waals surface area contributed by atoms with Crippen LogP contribution in [0.25, 0.3) is 0 Å². The van der Waals surface area contributed by atoms with Crippen LogP contribution in [-0.2, 0) is 28.8 Å². The van der Waals surface area contributed by atoms with Crippen LogP contribution in [0.1, 0.15) is 99.9 Å². The number of carbonyl (C=O) groups is 9. The standard InChI is InChI=1S/C43H45N13O13/c1-21(2)16-28(44-37(60)27-18-31(53-52-27)46-38(61)26-17-24(49-51-26)36(59)25-19-32(54-50-25)56(68)69)42(65)55-15-9-14-30(55)39(62)47-35(23-12-7-4-8-13-23)41(64)48-34(22-10-5-3-6-11-22)40(63)45-29(43(66)67)20-33(57)58/h3-8,10-13,17-19,21,28-30,34-35H,9,14-16,20H2,1-2H3,(H,44,60)(H,45,63)(H,47,62)(H,48,64)(H,49,51)(H,50,54)(H,57,58)(H,66,67)(H2,46,52,53,61)/t28-,29+,30-,34-,35-/m0/s1. The highest BCUT2D eigenvalue weighted by molar-refractivity contribution is 6.09. The number of ketones is 1. The Kier molecular flexibility index (Phi) is 15.7. The first-order valence-electron chi connectivity index (χ1n) is 21.1. The number of H-pyrrole nitrogens is 3. The van der Waals surface area contributed by atoms with Crippen molar-refractivity contribution in [2.24, 2.45) is 5.92 Å². The van der Waals surface area contributed by atoms with Crippen LogP contribution in [0.4, 0.5) is 11.6 Å². The predicted molar refractivity (Wildman–Crippen MR) is 236 cm³/mol. The van der Waals surface area contributed by atoms with Crippen molar-refractivity contribution in [3.63, 3.8) is 0 Å². The van der Waals surface area contributed by atoms with Gasteiger partial charge in [-0.2, -0.15) is 10.2 Å². The van der Waals surface area contributed by atoms with Crippen LogP contribution >= 0.6 is 0 Å². The van der Waals surface area contributed by atoms with Crippen LogP contribution in [0, 0.1) is 16.0 Å². The van der Waals surface area contributed by atoms with Gasteiger partial charge in [-0.15, -0.1) is 5.10 Å². The molecule has 2 aromatic carbocycles. The molecule has 1 aliphatic rings. The highest BCUT2D eigenvalue weighted by Gasteiger charge is 2.40. The molecule has 26 heteroatoms. The Labute approximate surface area is 389 Å². The first-order valence-corrected chi connectivity index (χ1v) is 21.1. The van der Waals surface area contributed by atoms with Crippen molar-refractivity contribution in [1.82, 2.24) is 56.8 Å². The average molecular weight is 952 g/mol. The predicted octanol–water partition coefficient (Wildman–Crippen LogP) is 1.14. The van der Waals surface area contributed by atoms with Gasteiger partial charge in [-0.05, 0) is 41.2 Å². The monoisotopic (exact) mass is 951 g/mol. The lowest BCUT2D eigenvalue weighted by Crippen LogP contribution is -2.55. The summed E-state index contributed by atoms with van der Waals surface area (Å²) >= 11 is 0. The summed E-state index contributed by atoms with van der Waals surface area (Å²) in [5.74, 6) is -9.61. The molecule has 5 atom stereocenters. The number of carbonyl (C=O) groups excluding carboxylic acids is 7. The van der Waals surface area contributed by atoms with E-state index in [1.807, 2.05) is 13.8 Å². The molecule has 6 amide bonds. The lowest BCUT2D eigenvalue weighted by molar-refractivity contribution is -0.389. The second-order valence-corrected chi connectivity index (χ2v) is 16.1. The fourth-order valence-electron chi connectivity index (χ4n) is 7.31. The van der Waals surface area contributed by atoms with E-state index in [2.05, 4.69) is 57.2 Å². The number of hydrogen-bond acceptors (Lipinski definition) is 14. The topological polar surface area (TPSA) is 387 Å². The zero-order valence-electron chi connectivity index (χ0n) is 36.6. The lowest BCUT2D eigenvalue weighted by atomic mass is 10.0. The minimum absolute atomic E-state index is 0.115. The van der Waals surface area contributed by atoms with Crippen LogP contribution in [0.15, 0.2) is 78.9 Å². The number of hydrogen-bond donors (Lipinski definition) is 10. The summed E-state index contributed by atoms with van der Waals surface area (Å²) in [7, 11) is 0. The quantitative estimate of drug-likeness (QED) is 0.0280. The third-order valence-electron chi connectivity index (χ3n) is 10.6. The number of aromatic nitrogens is 6. The maximum absolute atomic E-state index is 14.3. The number of rotatable bonds is 21. The molecule has 6 rings (SSSR count). The number of carboxylic acid groups (broad SMARTS) is 2. The zero-order valence-corrected chi connectivity index (χ0v) is 36.6. The van der Waals surface area contributed by atoms with Crippen molar-refractivity contribution < 1.29 is 58.3 Å². The third-order valence-corrected chi connectivity index (χ3v) is 10.6. The molecule has 0 aliphatic carbocycles. The molecule has 4 heterocycles. The number of benzene rings is 2. The van der Waals surface area contributed by atoms with Crippen molar-refractivity contribution in [2.45, 2.75) is 69.7 Å². The van der Waals surface area contributed by atoms with Gasteiger partial charge in [0.1, 0.15) is 47.3 Å². The number of likely N-dealkylation sites (tertiary alicyclic amines) is 1. The van der Waals surface area contributed by atoms with E-state index in [1.165, 1.54) is 23.1 Å². The minimum Gasteiger partial charge on any atom is -0.481 e. The van der Waals surface area contributed by atoms with Crippen LogP contribution in [0.2, 0.25) is 0 Å². The maximum atomic E-state index is 14.3. The molecule has 1 aliphatic heterocycles. The molecule has 0 bridgehead atoms. The van der Waals surface area contributed by atoms with Gasteiger partial charge in [0, 0.05) is 18.7 Å². The number of nitro groups is 1. The Bertz CT molecular complexity index is 2750. The Morgan fingerprint density at radius 2 is 1.32 bits per heavy atom. The largest absolute Gasteiger partial charge is 0.481 e. The Balaban J connectivity index is 1.13. The van der Waals surface area contributed by atoms with E-state index in [1.54, 1.807) is 48.5 Å². The second kappa shape index (κ2) is 21.9. The Morgan fingerprint density at radius 3 is 1.91 bits per heavy atom. The normalized spacial score (nSPS) is 14.9. The Morgan fingerprint density at radius 1 is 0.739 bits per heavy atom. The first-order chi connectivity index (χ1) is 32.9. The van der Waals surface area contributed by atoms with E-state index in [-0.39, 0.29) is 65.0 Å². The molecule has 0 unspecified atom stereocenters. The summed E-state index contributed by atoms with van der Waals surface area (Å²) in [6.45, 7) is 3.75. The number of aliphatic carboxylic acids is 2. The van der Waals surface area contributed by atoms with Gasteiger partial charge in [-0.3, -0.25) is 48.6 Å². The SMILES string of the molecule is CC(C)C[C@H](NC(=O)c1cc(NC(=O)c2cc(C(=O)c3cc([N+](=O)[O-])[nH]n3)n[nH]2)n[nH]1)C(=O)N1CCC[C@H]1C(=O)N[C@H](C(=O)N[C@H](C(=O)N[C@H](CC(=O)O)C(=O)O)c1ccccc1)c1ccccc1. The van der Waals surface area contributed by atoms with Crippen LogP contribution in [-0.4, -0.2) is 128 Å². The minimum atomic E-state index is -1.83. The maximum Gasteiger partial charge on any atom is 0.343 e. The molecule has 0 radical (unpaired) electrons. The molecule has 1 saturated heterocycles. The summed E-state index contributed by atoms with van der Waals surface area (Å²) in [6.07, 6.45) is -0.254. The molecule has 5 aromatic rings. The smallest absolute Gasteiger partial charge is 0.343 e. The van der Waals surface area contributed by atoms with Gasteiger partial charge in [0.2, 0.25) is 29.4 Å². The number of nitrogens with one attached hydrogen (secondary N) is 8. The van der Waals surface area contributed by atoms with Gasteiger partial charge in [0.25, 0.3) is 11.8 Å². The number of aromatic amines is 3. The number of anilines is 1. The van der Waals surface area contributed by atoms with E-state index in [0.717, 1.165) is 12.1 Å². The van der Waals surface area contributed by atoms with Gasteiger partial charge in [0.05, 0.1) is 12.5 Å². The van der Waals surface area contributed by atoms with Crippen LogP contribution in [0.3, 0.4) is 0 Å². The molecule has 69 heavy (non-hydrogen) atoms. The molecule has 0 saturated carbocycles. The molecular weight excluding hydrogens is 907 g/mol. The number of carboxylic acids is 2. The van der Waals surface area contributed by atoms with E-state index in [4.69, 9.17) is 0 Å². The van der Waals surface area contributed by atoms with E-state index in [9.17, 15) is 63.5 Å². The number of amides is 6. The van der Waals surface area contributed by atoms with Gasteiger partial charge in [-0.25, -0.2) is 4.79 Å². The molecule has 0 spiro atoms. The van der Waals surface area contributed by atoms with Crippen molar-refractivity contribution >= 4 is 64.8 Å². The highest BCUT2D eigenvalue weighted by atomic mass is 16.6. The van der Waals surface area contributed by atoms with Gasteiger partial charge in [-0.1, -0.05) is 79.6 Å². The zero-order chi connectivity index (χ0) is 49.9. The van der Waals surface area contributed by atoms with Gasteiger partial charge in [0.15, 0.2) is 11.5 Å². The molecule has 360 valence electrons. The third kappa shape index (κ3) is 12.4.